The van der Waals surface area contributed by atoms with Crippen molar-refractivity contribution in [3.8, 4) is 22.3 Å². The number of methoxy groups -OCH3 is 3. The van der Waals surface area contributed by atoms with Gasteiger partial charge in [-0.3, -0.25) is 4.79 Å². The standard InChI is InChI=1S/C33H28O7/c1-18-17-27(18)30(34)23-11-7-12-24(31(35)38-2)28(23)21-15-16-22(20-10-6-5-9-19(20)21)29-25(32(36)39-3)13-8-14-26(29)33(37)40-4/h5-16,18,27H,17H2,1-4H3. The summed E-state index contributed by atoms with van der Waals surface area (Å²) in [6.07, 6.45) is 0.807. The molecule has 0 radical (unpaired) electrons. The Labute approximate surface area is 231 Å². The van der Waals surface area contributed by atoms with E-state index in [2.05, 4.69) is 0 Å². The number of rotatable bonds is 7. The lowest BCUT2D eigenvalue weighted by Gasteiger charge is -2.19. The third kappa shape index (κ3) is 4.53. The van der Waals surface area contributed by atoms with Crippen molar-refractivity contribution in [1.29, 1.82) is 0 Å². The predicted molar refractivity (Wildman–Crippen MR) is 150 cm³/mol. The Balaban J connectivity index is 1.84. The summed E-state index contributed by atoms with van der Waals surface area (Å²) >= 11 is 0. The molecule has 1 fully saturated rings. The molecule has 4 aromatic carbocycles. The Hall–Kier alpha value is -4.78. The van der Waals surface area contributed by atoms with Gasteiger partial charge in [0, 0.05) is 22.6 Å². The molecule has 7 heteroatoms. The average molecular weight is 537 g/mol. The highest BCUT2D eigenvalue weighted by Gasteiger charge is 2.40. The van der Waals surface area contributed by atoms with Crippen molar-refractivity contribution in [2.75, 3.05) is 21.3 Å². The van der Waals surface area contributed by atoms with Gasteiger partial charge in [0.25, 0.3) is 0 Å². The molecule has 7 nitrogen and oxygen atoms in total. The number of Topliss-reactive ketones (excluding diaryl/α,β-unsaturated/α-hetero) is 1. The molecule has 0 aliphatic heterocycles. The van der Waals surface area contributed by atoms with E-state index < -0.39 is 17.9 Å². The molecule has 0 amide bonds. The van der Waals surface area contributed by atoms with E-state index in [0.29, 0.717) is 33.2 Å². The van der Waals surface area contributed by atoms with Crippen molar-refractivity contribution in [3.05, 3.63) is 95.1 Å². The Kier molecular flexibility index (Phi) is 7.22. The zero-order chi connectivity index (χ0) is 28.6. The first-order valence-electron chi connectivity index (χ1n) is 12.9. The van der Waals surface area contributed by atoms with Crippen molar-refractivity contribution < 1.29 is 33.4 Å². The van der Waals surface area contributed by atoms with Gasteiger partial charge in [-0.2, -0.15) is 0 Å². The molecule has 1 aliphatic carbocycles. The van der Waals surface area contributed by atoms with E-state index in [9.17, 15) is 19.2 Å². The fourth-order valence-electron chi connectivity index (χ4n) is 5.35. The van der Waals surface area contributed by atoms with Crippen molar-refractivity contribution in [1.82, 2.24) is 0 Å². The molecule has 1 aliphatic rings. The van der Waals surface area contributed by atoms with Gasteiger partial charge in [0.05, 0.1) is 38.0 Å². The lowest BCUT2D eigenvalue weighted by atomic mass is 9.84. The van der Waals surface area contributed by atoms with Crippen LogP contribution >= 0.6 is 0 Å². The first-order valence-corrected chi connectivity index (χ1v) is 12.9. The summed E-state index contributed by atoms with van der Waals surface area (Å²) in [5.41, 5.74) is 3.27. The maximum atomic E-state index is 13.5. The number of esters is 3. The highest BCUT2D eigenvalue weighted by molar-refractivity contribution is 6.17. The lowest BCUT2D eigenvalue weighted by molar-refractivity contribution is 0.0588. The molecule has 1 saturated carbocycles. The lowest BCUT2D eigenvalue weighted by Crippen LogP contribution is -2.12. The summed E-state index contributed by atoms with van der Waals surface area (Å²) in [6.45, 7) is 2.04. The van der Waals surface area contributed by atoms with Crippen LogP contribution in [0.4, 0.5) is 0 Å². The van der Waals surface area contributed by atoms with Gasteiger partial charge in [-0.1, -0.05) is 61.5 Å². The number of carbonyl (C=O) groups is 4. The second-order valence-electron chi connectivity index (χ2n) is 9.82. The summed E-state index contributed by atoms with van der Waals surface area (Å²) in [4.78, 5) is 52.1. The number of ether oxygens (including phenoxy) is 3. The molecular weight excluding hydrogens is 508 g/mol. The predicted octanol–water partition coefficient (Wildman–Crippen LogP) is 6.37. The Bertz CT molecular complexity index is 1650. The number of fused-ring (bicyclic) bond motifs is 1. The summed E-state index contributed by atoms with van der Waals surface area (Å²) in [5.74, 6) is -1.57. The fourth-order valence-corrected chi connectivity index (χ4v) is 5.35. The molecule has 5 rings (SSSR count). The van der Waals surface area contributed by atoms with Gasteiger partial charge in [0.15, 0.2) is 5.78 Å². The van der Waals surface area contributed by atoms with E-state index in [0.717, 1.165) is 11.8 Å². The normalized spacial score (nSPS) is 15.8. The molecule has 0 bridgehead atoms. The van der Waals surface area contributed by atoms with Crippen LogP contribution in [0.25, 0.3) is 33.0 Å². The third-order valence-electron chi connectivity index (χ3n) is 7.52. The van der Waals surface area contributed by atoms with E-state index in [1.165, 1.54) is 21.3 Å². The van der Waals surface area contributed by atoms with E-state index in [1.807, 2.05) is 37.3 Å². The molecule has 2 unspecified atom stereocenters. The van der Waals surface area contributed by atoms with Crippen LogP contribution in [0.3, 0.4) is 0 Å². The van der Waals surface area contributed by atoms with Crippen molar-refractivity contribution in [2.24, 2.45) is 11.8 Å². The Morgan fingerprint density at radius 1 is 0.575 bits per heavy atom. The minimum atomic E-state index is -0.601. The zero-order valence-electron chi connectivity index (χ0n) is 22.6. The zero-order valence-corrected chi connectivity index (χ0v) is 22.6. The van der Waals surface area contributed by atoms with Gasteiger partial charge >= 0.3 is 17.9 Å². The molecule has 2 atom stereocenters. The quantitative estimate of drug-likeness (QED) is 0.154. The monoisotopic (exact) mass is 536 g/mol. The fraction of sp³-hybridized carbons (Fsp3) is 0.212. The van der Waals surface area contributed by atoms with Crippen LogP contribution in [-0.4, -0.2) is 45.0 Å². The average Bonchev–Trinajstić information content (AvgIpc) is 3.74. The Morgan fingerprint density at radius 2 is 0.950 bits per heavy atom. The van der Waals surface area contributed by atoms with Crippen molar-refractivity contribution >= 4 is 34.5 Å². The number of hydrogen-bond donors (Lipinski definition) is 0. The minimum absolute atomic E-state index is 0.00887. The summed E-state index contributed by atoms with van der Waals surface area (Å²) in [6, 6.07) is 20.9. The van der Waals surface area contributed by atoms with Crippen LogP contribution in [0.5, 0.6) is 0 Å². The second kappa shape index (κ2) is 10.8. The highest BCUT2D eigenvalue weighted by atomic mass is 16.5. The summed E-state index contributed by atoms with van der Waals surface area (Å²) < 4.78 is 15.1. The van der Waals surface area contributed by atoms with E-state index in [-0.39, 0.29) is 34.3 Å². The third-order valence-corrected chi connectivity index (χ3v) is 7.52. The van der Waals surface area contributed by atoms with Gasteiger partial charge in [0.1, 0.15) is 0 Å². The second-order valence-corrected chi connectivity index (χ2v) is 9.82. The van der Waals surface area contributed by atoms with Crippen LogP contribution < -0.4 is 0 Å². The molecule has 0 heterocycles. The van der Waals surface area contributed by atoms with Gasteiger partial charge in [-0.25, -0.2) is 14.4 Å². The van der Waals surface area contributed by atoms with Crippen LogP contribution in [0.15, 0.2) is 72.8 Å². The van der Waals surface area contributed by atoms with Gasteiger partial charge in [0.2, 0.25) is 0 Å². The number of carbonyl (C=O) groups excluding carboxylic acids is 4. The maximum Gasteiger partial charge on any atom is 0.338 e. The van der Waals surface area contributed by atoms with Crippen molar-refractivity contribution in [2.45, 2.75) is 13.3 Å². The molecule has 40 heavy (non-hydrogen) atoms. The van der Waals surface area contributed by atoms with Crippen LogP contribution in [0.2, 0.25) is 0 Å². The number of hydrogen-bond acceptors (Lipinski definition) is 7. The molecular formula is C33H28O7. The minimum Gasteiger partial charge on any atom is -0.465 e. The molecule has 0 spiro atoms. The van der Waals surface area contributed by atoms with E-state index in [4.69, 9.17) is 14.2 Å². The SMILES string of the molecule is COC(=O)c1cccc(C(=O)OC)c1-c1ccc(-c2c(C(=O)OC)cccc2C(=O)C2CC2C)c2ccccc12. The summed E-state index contributed by atoms with van der Waals surface area (Å²) in [7, 11) is 3.87. The van der Waals surface area contributed by atoms with E-state index in [1.54, 1.807) is 42.5 Å². The Morgan fingerprint density at radius 3 is 1.32 bits per heavy atom. The maximum absolute atomic E-state index is 13.5. The van der Waals surface area contributed by atoms with Gasteiger partial charge in [-0.05, 0) is 52.4 Å². The van der Waals surface area contributed by atoms with Crippen LogP contribution in [0.1, 0.15) is 54.8 Å². The molecule has 202 valence electrons. The van der Waals surface area contributed by atoms with Crippen LogP contribution in [0, 0.1) is 11.8 Å². The molecule has 0 saturated heterocycles. The summed E-state index contributed by atoms with van der Waals surface area (Å²) in [5, 5.41) is 1.43. The largest absolute Gasteiger partial charge is 0.465 e. The molecule has 0 N–H and O–H groups in total. The topological polar surface area (TPSA) is 96.0 Å². The first-order chi connectivity index (χ1) is 19.3. The number of benzene rings is 4. The van der Waals surface area contributed by atoms with Crippen LogP contribution in [-0.2, 0) is 14.2 Å². The molecule has 0 aromatic heterocycles. The van der Waals surface area contributed by atoms with Gasteiger partial charge < -0.3 is 14.2 Å². The first kappa shape index (κ1) is 26.8. The smallest absolute Gasteiger partial charge is 0.338 e. The molecule has 4 aromatic rings. The number of ketones is 1. The van der Waals surface area contributed by atoms with Crippen molar-refractivity contribution in [3.63, 3.8) is 0 Å². The highest BCUT2D eigenvalue weighted by Crippen LogP contribution is 2.45. The van der Waals surface area contributed by atoms with Gasteiger partial charge in [-0.15, -0.1) is 0 Å². The van der Waals surface area contributed by atoms with E-state index >= 15 is 0 Å².